The fourth-order valence-electron chi connectivity index (χ4n) is 4.93. The fraction of sp³-hybridized carbons (Fsp3) is 0.583. The van der Waals surface area contributed by atoms with Gasteiger partial charge in [0.15, 0.2) is 5.96 Å². The number of ether oxygens (including phenoxy) is 1. The number of hydrogen-bond donors (Lipinski definition) is 2. The summed E-state index contributed by atoms with van der Waals surface area (Å²) >= 11 is 0. The number of nitrogens with one attached hydrogen (secondary N) is 2. The first-order chi connectivity index (χ1) is 15.3. The van der Waals surface area contributed by atoms with E-state index in [-0.39, 0.29) is 5.54 Å². The Balaban J connectivity index is 1.33. The number of aliphatic imine (C=N–C) groups is 1. The van der Waals surface area contributed by atoms with Crippen molar-refractivity contribution in [3.8, 4) is 0 Å². The minimum atomic E-state index is 0.226. The van der Waals surface area contributed by atoms with Gasteiger partial charge in [-0.25, -0.2) is 0 Å². The van der Waals surface area contributed by atoms with E-state index in [4.69, 9.17) is 4.74 Å². The van der Waals surface area contributed by atoms with E-state index in [1.807, 2.05) is 30.2 Å². The average Bonchev–Trinajstić information content (AvgIpc) is 3.34. The van der Waals surface area contributed by atoms with Crippen LogP contribution in [0.5, 0.6) is 0 Å². The second-order valence-electron chi connectivity index (χ2n) is 8.69. The molecule has 2 N–H and O–H groups in total. The SMILES string of the molecule is CN=C(NCc1cccc(Cn2cccn2)c1)NCC1(N2CCOCC2)CCCCC1. The van der Waals surface area contributed by atoms with E-state index < -0.39 is 0 Å². The van der Waals surface area contributed by atoms with Crippen molar-refractivity contribution in [3.63, 3.8) is 0 Å². The highest BCUT2D eigenvalue weighted by Crippen LogP contribution is 2.33. The summed E-state index contributed by atoms with van der Waals surface area (Å²) in [6.07, 6.45) is 10.3. The molecule has 0 atom stereocenters. The highest BCUT2D eigenvalue weighted by molar-refractivity contribution is 5.79. The number of rotatable bonds is 7. The van der Waals surface area contributed by atoms with Gasteiger partial charge < -0.3 is 15.4 Å². The van der Waals surface area contributed by atoms with Gasteiger partial charge in [0.1, 0.15) is 0 Å². The number of benzene rings is 1. The number of guanidine groups is 1. The van der Waals surface area contributed by atoms with Gasteiger partial charge in [-0.3, -0.25) is 14.6 Å². The molecule has 2 fully saturated rings. The standard InChI is InChI=1S/C24H36N6O/c1-25-23(26-18-21-7-5-8-22(17-21)19-30-12-6-11-28-30)27-20-24(9-3-2-4-10-24)29-13-15-31-16-14-29/h5-8,11-12,17H,2-4,9-10,13-16,18-20H2,1H3,(H2,25,26,27). The normalized spacial score (nSPS) is 19.8. The van der Waals surface area contributed by atoms with Gasteiger partial charge in [0.2, 0.25) is 0 Å². The molecule has 7 heteroatoms. The van der Waals surface area contributed by atoms with Crippen molar-refractivity contribution in [2.75, 3.05) is 39.9 Å². The van der Waals surface area contributed by atoms with Crippen molar-refractivity contribution in [1.29, 1.82) is 0 Å². The molecular weight excluding hydrogens is 388 g/mol. The molecule has 7 nitrogen and oxygen atoms in total. The van der Waals surface area contributed by atoms with Crippen LogP contribution in [-0.2, 0) is 17.8 Å². The van der Waals surface area contributed by atoms with Crippen LogP contribution in [0.3, 0.4) is 0 Å². The molecule has 1 aliphatic heterocycles. The molecule has 0 spiro atoms. The highest BCUT2D eigenvalue weighted by atomic mass is 16.5. The number of aromatic nitrogens is 2. The first-order valence-electron chi connectivity index (χ1n) is 11.6. The Bertz CT molecular complexity index is 822. The molecule has 31 heavy (non-hydrogen) atoms. The molecule has 4 rings (SSSR count). The lowest BCUT2D eigenvalue weighted by Gasteiger charge is -2.48. The van der Waals surface area contributed by atoms with E-state index in [0.29, 0.717) is 0 Å². The van der Waals surface area contributed by atoms with Gasteiger partial charge in [-0.1, -0.05) is 43.5 Å². The summed E-state index contributed by atoms with van der Waals surface area (Å²) in [4.78, 5) is 7.15. The fourth-order valence-corrected chi connectivity index (χ4v) is 4.93. The lowest BCUT2D eigenvalue weighted by molar-refractivity contribution is -0.0352. The van der Waals surface area contributed by atoms with Crippen molar-refractivity contribution in [1.82, 2.24) is 25.3 Å². The van der Waals surface area contributed by atoms with Gasteiger partial charge in [-0.2, -0.15) is 5.10 Å². The van der Waals surface area contributed by atoms with Gasteiger partial charge in [0.25, 0.3) is 0 Å². The van der Waals surface area contributed by atoms with E-state index >= 15 is 0 Å². The Hall–Kier alpha value is -2.38. The van der Waals surface area contributed by atoms with Crippen molar-refractivity contribution in [2.45, 2.75) is 50.7 Å². The smallest absolute Gasteiger partial charge is 0.191 e. The topological polar surface area (TPSA) is 66.7 Å². The predicted molar refractivity (Wildman–Crippen MR) is 124 cm³/mol. The van der Waals surface area contributed by atoms with Crippen molar-refractivity contribution in [2.24, 2.45) is 4.99 Å². The summed E-state index contributed by atoms with van der Waals surface area (Å²) in [5.74, 6) is 0.871. The van der Waals surface area contributed by atoms with Crippen LogP contribution in [0, 0.1) is 0 Å². The highest BCUT2D eigenvalue weighted by Gasteiger charge is 2.38. The maximum Gasteiger partial charge on any atom is 0.191 e. The van der Waals surface area contributed by atoms with Crippen LogP contribution < -0.4 is 10.6 Å². The third kappa shape index (κ3) is 5.86. The third-order valence-electron chi connectivity index (χ3n) is 6.63. The monoisotopic (exact) mass is 424 g/mol. The Kier molecular flexibility index (Phi) is 7.59. The van der Waals surface area contributed by atoms with Gasteiger partial charge in [-0.15, -0.1) is 0 Å². The minimum absolute atomic E-state index is 0.226. The molecule has 0 amide bonds. The number of nitrogens with zero attached hydrogens (tertiary/aromatic N) is 4. The van der Waals surface area contributed by atoms with E-state index in [9.17, 15) is 0 Å². The van der Waals surface area contributed by atoms with E-state index in [0.717, 1.165) is 51.9 Å². The minimum Gasteiger partial charge on any atom is -0.379 e. The zero-order valence-corrected chi connectivity index (χ0v) is 18.7. The Labute approximate surface area is 185 Å². The molecule has 2 aromatic rings. The Morgan fingerprint density at radius 3 is 2.65 bits per heavy atom. The summed E-state index contributed by atoms with van der Waals surface area (Å²) in [6, 6.07) is 10.6. The molecule has 1 aromatic carbocycles. The molecule has 2 heterocycles. The van der Waals surface area contributed by atoms with E-state index in [1.165, 1.54) is 43.2 Å². The zero-order valence-electron chi connectivity index (χ0n) is 18.7. The Morgan fingerprint density at radius 1 is 1.10 bits per heavy atom. The lowest BCUT2D eigenvalue weighted by atomic mass is 9.80. The van der Waals surface area contributed by atoms with Crippen molar-refractivity contribution in [3.05, 3.63) is 53.9 Å². The molecule has 1 aromatic heterocycles. The van der Waals surface area contributed by atoms with Crippen molar-refractivity contribution < 1.29 is 4.74 Å². The van der Waals surface area contributed by atoms with Gasteiger partial charge >= 0.3 is 0 Å². The summed E-state index contributed by atoms with van der Waals surface area (Å²) in [6.45, 7) is 6.25. The van der Waals surface area contributed by atoms with Gasteiger partial charge in [0.05, 0.1) is 19.8 Å². The number of hydrogen-bond acceptors (Lipinski definition) is 4. The molecule has 0 radical (unpaired) electrons. The predicted octanol–water partition coefficient (Wildman–Crippen LogP) is 2.63. The van der Waals surface area contributed by atoms with E-state index in [2.05, 4.69) is 49.9 Å². The quantitative estimate of drug-likeness (QED) is 0.528. The van der Waals surface area contributed by atoms with Crippen LogP contribution in [0.1, 0.15) is 43.2 Å². The van der Waals surface area contributed by atoms with Crippen molar-refractivity contribution >= 4 is 5.96 Å². The molecule has 2 aliphatic rings. The van der Waals surface area contributed by atoms with Crippen LogP contribution in [0.2, 0.25) is 0 Å². The second kappa shape index (κ2) is 10.8. The van der Waals surface area contributed by atoms with Crippen LogP contribution in [-0.4, -0.2) is 66.1 Å². The molecule has 168 valence electrons. The number of morpholine rings is 1. The molecule has 1 saturated heterocycles. The maximum absolute atomic E-state index is 5.61. The average molecular weight is 425 g/mol. The first kappa shape index (κ1) is 21.8. The van der Waals surface area contributed by atoms with Gasteiger partial charge in [-0.05, 0) is 30.0 Å². The first-order valence-corrected chi connectivity index (χ1v) is 11.6. The molecule has 1 aliphatic carbocycles. The molecule has 1 saturated carbocycles. The summed E-state index contributed by atoms with van der Waals surface area (Å²) < 4.78 is 7.56. The maximum atomic E-state index is 5.61. The lowest BCUT2D eigenvalue weighted by Crippen LogP contribution is -2.60. The van der Waals surface area contributed by atoms with Gasteiger partial charge in [0, 0.05) is 51.2 Å². The van der Waals surface area contributed by atoms with Crippen LogP contribution in [0.25, 0.3) is 0 Å². The summed E-state index contributed by atoms with van der Waals surface area (Å²) in [5, 5.41) is 11.4. The van der Waals surface area contributed by atoms with Crippen LogP contribution in [0.15, 0.2) is 47.7 Å². The Morgan fingerprint density at radius 2 is 1.90 bits per heavy atom. The molecule has 0 bridgehead atoms. The third-order valence-corrected chi connectivity index (χ3v) is 6.63. The zero-order chi connectivity index (χ0) is 21.4. The van der Waals surface area contributed by atoms with Crippen LogP contribution in [0.4, 0.5) is 0 Å². The largest absolute Gasteiger partial charge is 0.379 e. The van der Waals surface area contributed by atoms with Crippen LogP contribution >= 0.6 is 0 Å². The molecule has 0 unspecified atom stereocenters. The summed E-state index contributed by atoms with van der Waals surface area (Å²) in [5.41, 5.74) is 2.72. The molecular formula is C24H36N6O. The summed E-state index contributed by atoms with van der Waals surface area (Å²) in [7, 11) is 1.85. The second-order valence-corrected chi connectivity index (χ2v) is 8.69. The van der Waals surface area contributed by atoms with E-state index in [1.54, 1.807) is 0 Å².